The van der Waals surface area contributed by atoms with E-state index in [-0.39, 0.29) is 9.52 Å². The summed E-state index contributed by atoms with van der Waals surface area (Å²) in [5.41, 5.74) is 6.18. The number of benzene rings is 4. The molecule has 1 aromatic heterocycles. The molecular formula is C31H30BN3Si. The van der Waals surface area contributed by atoms with Crippen molar-refractivity contribution in [3.63, 3.8) is 0 Å². The zero-order valence-electron chi connectivity index (χ0n) is 20.4. The normalized spacial score (nSPS) is 10.7. The topological polar surface area (TPSA) is 30.7 Å². The first kappa shape index (κ1) is 25.1. The second-order valence-electron chi connectivity index (χ2n) is 8.49. The number of nitrogens with zero attached hydrogens (tertiary/aromatic N) is 3. The molecule has 0 aliphatic rings. The van der Waals surface area contributed by atoms with Crippen molar-refractivity contribution < 1.29 is 0 Å². The summed E-state index contributed by atoms with van der Waals surface area (Å²) >= 11 is 0. The molecule has 0 atom stereocenters. The fraction of sp³-hybridized carbons (Fsp3) is 0.0968. The summed E-state index contributed by atoms with van der Waals surface area (Å²) in [5, 5.41) is 4.20. The van der Waals surface area contributed by atoms with E-state index in [9.17, 15) is 0 Å². The summed E-state index contributed by atoms with van der Waals surface area (Å²) in [4.78, 5) is 4.01. The summed E-state index contributed by atoms with van der Waals surface area (Å²) in [6.07, 6.45) is 4.48. The molecule has 0 saturated carbocycles. The van der Waals surface area contributed by atoms with Gasteiger partial charge in [-0.1, -0.05) is 127 Å². The van der Waals surface area contributed by atoms with Crippen LogP contribution in [0.1, 0.15) is 28.2 Å². The highest BCUT2D eigenvalue weighted by molar-refractivity contribution is 6.34. The van der Waals surface area contributed by atoms with Gasteiger partial charge in [-0.25, -0.2) is 4.98 Å². The van der Waals surface area contributed by atoms with Gasteiger partial charge < -0.3 is 0 Å². The van der Waals surface area contributed by atoms with Crippen LogP contribution in [0.4, 0.5) is 0 Å². The van der Waals surface area contributed by atoms with E-state index in [1.54, 1.807) is 12.3 Å². The minimum Gasteiger partial charge on any atom is -0.257 e. The van der Waals surface area contributed by atoms with Crippen molar-refractivity contribution in [3.05, 3.63) is 162 Å². The van der Waals surface area contributed by atoms with Crippen molar-refractivity contribution in [2.75, 3.05) is 0 Å². The van der Waals surface area contributed by atoms with Gasteiger partial charge in [0.25, 0.3) is 0 Å². The lowest BCUT2D eigenvalue weighted by molar-refractivity contribution is 0.729. The second kappa shape index (κ2) is 13.8. The second-order valence-corrected chi connectivity index (χ2v) is 10.2. The van der Waals surface area contributed by atoms with E-state index in [0.29, 0.717) is 5.92 Å². The van der Waals surface area contributed by atoms with Crippen LogP contribution in [0.3, 0.4) is 0 Å². The van der Waals surface area contributed by atoms with Gasteiger partial charge in [0.15, 0.2) is 0 Å². The smallest absolute Gasteiger partial charge is 0.137 e. The van der Waals surface area contributed by atoms with Crippen LogP contribution in [0, 0.1) is 0 Å². The molecule has 176 valence electrons. The van der Waals surface area contributed by atoms with E-state index in [0.717, 1.165) is 22.9 Å². The van der Waals surface area contributed by atoms with E-state index in [1.165, 1.54) is 17.2 Å². The molecule has 36 heavy (non-hydrogen) atoms. The number of aromatic nitrogens is 3. The summed E-state index contributed by atoms with van der Waals surface area (Å²) in [6.45, 7) is 0. The van der Waals surface area contributed by atoms with Crippen LogP contribution >= 0.6 is 0 Å². The Morgan fingerprint density at radius 1 is 0.722 bits per heavy atom. The van der Waals surface area contributed by atoms with Crippen molar-refractivity contribution in [1.82, 2.24) is 14.8 Å². The molecule has 5 rings (SSSR count). The number of hydrogen-bond donors (Lipinski definition) is 0. The predicted molar refractivity (Wildman–Crippen MR) is 154 cm³/mol. The van der Waals surface area contributed by atoms with Crippen LogP contribution in [0.25, 0.3) is 5.57 Å². The Bertz CT molecular complexity index is 1210. The molecule has 0 aliphatic carbocycles. The number of hydrogen-bond acceptors (Lipinski definition) is 2. The van der Waals surface area contributed by atoms with E-state index in [4.69, 9.17) is 7.85 Å². The zero-order valence-corrected chi connectivity index (χ0v) is 21.8. The molecule has 4 aromatic carbocycles. The molecule has 0 saturated heterocycles. The van der Waals surface area contributed by atoms with E-state index >= 15 is 0 Å². The average Bonchev–Trinajstić information content (AvgIpc) is 3.48. The number of rotatable bonds is 8. The molecule has 3 nitrogen and oxygen atoms in total. The Morgan fingerprint density at radius 3 is 1.61 bits per heavy atom. The summed E-state index contributed by atoms with van der Waals surface area (Å²) in [5.74, 6) is 2.16. The molecule has 0 bridgehead atoms. The predicted octanol–water partition coefficient (Wildman–Crippen LogP) is 5.90. The lowest BCUT2D eigenvalue weighted by Gasteiger charge is -2.17. The van der Waals surface area contributed by atoms with Gasteiger partial charge in [0.05, 0.1) is 0 Å². The van der Waals surface area contributed by atoms with Crippen LogP contribution < -0.4 is 0 Å². The van der Waals surface area contributed by atoms with Crippen molar-refractivity contribution in [1.29, 1.82) is 0 Å². The third-order valence-corrected chi connectivity index (χ3v) is 7.85. The first-order valence-electron chi connectivity index (χ1n) is 12.3. The SMILES string of the molecule is [B]C=C(c1ccccc1)c1ccccc1.c1ccc(C(C[SiH2]Cn2cncn2)c2ccccc2)cc1. The highest BCUT2D eigenvalue weighted by Crippen LogP contribution is 2.28. The Labute approximate surface area is 217 Å². The lowest BCUT2D eigenvalue weighted by atomic mass is 9.92. The van der Waals surface area contributed by atoms with Gasteiger partial charge in [0.2, 0.25) is 0 Å². The lowest BCUT2D eigenvalue weighted by Crippen LogP contribution is -2.11. The fourth-order valence-corrected chi connectivity index (χ4v) is 6.11. The maximum absolute atomic E-state index is 5.67. The minimum atomic E-state index is -0.232. The van der Waals surface area contributed by atoms with Crippen LogP contribution in [0.2, 0.25) is 6.04 Å². The zero-order chi connectivity index (χ0) is 24.8. The monoisotopic (exact) mass is 483 g/mol. The van der Waals surface area contributed by atoms with Crippen molar-refractivity contribution in [2.45, 2.75) is 18.1 Å². The molecule has 1 heterocycles. The molecule has 2 radical (unpaired) electrons. The van der Waals surface area contributed by atoms with Gasteiger partial charge in [-0.05, 0) is 27.8 Å². The molecule has 0 unspecified atom stereocenters. The van der Waals surface area contributed by atoms with Crippen LogP contribution in [0.15, 0.2) is 140 Å². The Balaban J connectivity index is 0.000000179. The van der Waals surface area contributed by atoms with Gasteiger partial charge in [0, 0.05) is 21.6 Å². The van der Waals surface area contributed by atoms with Crippen molar-refractivity contribution in [3.8, 4) is 0 Å². The molecule has 0 fully saturated rings. The molecule has 0 spiro atoms. The molecule has 0 amide bonds. The first-order valence-corrected chi connectivity index (χ1v) is 14.3. The molecule has 0 N–H and O–H groups in total. The maximum atomic E-state index is 5.67. The van der Waals surface area contributed by atoms with Gasteiger partial charge in [-0.2, -0.15) is 5.10 Å². The summed E-state index contributed by atoms with van der Waals surface area (Å²) < 4.78 is 1.96. The van der Waals surface area contributed by atoms with Gasteiger partial charge in [0.1, 0.15) is 20.5 Å². The Morgan fingerprint density at radius 2 is 1.19 bits per heavy atom. The van der Waals surface area contributed by atoms with E-state index in [1.807, 2.05) is 47.4 Å². The first-order chi connectivity index (χ1) is 17.8. The third kappa shape index (κ3) is 7.27. The summed E-state index contributed by atoms with van der Waals surface area (Å²) in [7, 11) is 5.44. The largest absolute Gasteiger partial charge is 0.257 e. The quantitative estimate of drug-likeness (QED) is 0.257. The summed E-state index contributed by atoms with van der Waals surface area (Å²) in [6, 6.07) is 43.2. The third-order valence-electron chi connectivity index (χ3n) is 6.09. The van der Waals surface area contributed by atoms with Gasteiger partial charge in [-0.3, -0.25) is 4.68 Å². The molecule has 5 heteroatoms. The average molecular weight is 484 g/mol. The van der Waals surface area contributed by atoms with E-state index in [2.05, 4.69) is 95.0 Å². The Hall–Kier alpha value is -3.96. The van der Waals surface area contributed by atoms with Crippen molar-refractivity contribution >= 4 is 22.9 Å². The van der Waals surface area contributed by atoms with Crippen LogP contribution in [-0.2, 0) is 6.17 Å². The van der Waals surface area contributed by atoms with Crippen LogP contribution in [-0.4, -0.2) is 32.1 Å². The fourth-order valence-electron chi connectivity index (χ4n) is 4.30. The Kier molecular flexibility index (Phi) is 9.65. The molecule has 0 aliphatic heterocycles. The molecule has 5 aromatic rings. The highest BCUT2D eigenvalue weighted by Gasteiger charge is 2.13. The molecular weight excluding hydrogens is 453 g/mol. The minimum absolute atomic E-state index is 0.232. The van der Waals surface area contributed by atoms with Gasteiger partial charge in [-0.15, -0.1) is 5.98 Å². The maximum Gasteiger partial charge on any atom is 0.137 e. The van der Waals surface area contributed by atoms with Crippen molar-refractivity contribution in [2.24, 2.45) is 0 Å². The van der Waals surface area contributed by atoms with Crippen LogP contribution in [0.5, 0.6) is 0 Å². The van der Waals surface area contributed by atoms with E-state index < -0.39 is 0 Å². The van der Waals surface area contributed by atoms with Gasteiger partial charge >= 0.3 is 0 Å². The highest BCUT2D eigenvalue weighted by atomic mass is 28.2. The standard InChI is InChI=1S/C17H19N3Si.C14H11B/c1-3-7-15(8-4-1)17(16-9-5-2-6-10-16)11-21-14-20-13-18-12-19-20;15-11-14(12-7-3-1-4-8-12)13-9-5-2-6-10-13/h1-10,12-13,17H,11,14,21H2;1-11H.